The Labute approximate surface area is 116 Å². The highest BCUT2D eigenvalue weighted by Crippen LogP contribution is 2.26. The van der Waals surface area contributed by atoms with E-state index in [1.165, 1.54) is 6.92 Å². The second-order valence-corrected chi connectivity index (χ2v) is 4.25. The van der Waals surface area contributed by atoms with E-state index in [0.717, 1.165) is 0 Å². The van der Waals surface area contributed by atoms with Crippen molar-refractivity contribution in [1.29, 1.82) is 0 Å². The van der Waals surface area contributed by atoms with E-state index in [1.807, 2.05) is 0 Å². The van der Waals surface area contributed by atoms with Crippen LogP contribution in [0, 0.1) is 0 Å². The quantitative estimate of drug-likeness (QED) is 0.588. The summed E-state index contributed by atoms with van der Waals surface area (Å²) in [6.45, 7) is 1.46. The lowest BCUT2D eigenvalue weighted by atomic mass is 10.2. The molecule has 0 aliphatic rings. The van der Waals surface area contributed by atoms with Crippen LogP contribution in [0.4, 0.5) is 28.4 Å². The van der Waals surface area contributed by atoms with Crippen molar-refractivity contribution in [1.82, 2.24) is 0 Å². The van der Waals surface area contributed by atoms with E-state index in [4.69, 9.17) is 11.5 Å². The number of nitrogens with two attached hydrogens (primary N) is 2. The van der Waals surface area contributed by atoms with Crippen LogP contribution in [0.2, 0.25) is 0 Å². The van der Waals surface area contributed by atoms with Gasteiger partial charge in [0.15, 0.2) is 0 Å². The lowest BCUT2D eigenvalue weighted by Crippen LogP contribution is -2.04. The van der Waals surface area contributed by atoms with Gasteiger partial charge in [0.05, 0.1) is 11.4 Å². The number of azo groups is 1. The standard InChI is InChI=1S/C14H15N5O/c1-9(20)17-11-3-5-12(6-4-11)18-19-14-7-2-10(15)8-13(14)16/h2-8H,15-16H2,1H3,(H,17,20). The SMILES string of the molecule is CC(=O)Nc1ccc(N=Nc2ccc(N)cc2N)cc1. The molecule has 0 saturated heterocycles. The highest BCUT2D eigenvalue weighted by atomic mass is 16.1. The number of hydrogen-bond donors (Lipinski definition) is 3. The van der Waals surface area contributed by atoms with Crippen LogP contribution in [0.25, 0.3) is 0 Å². The van der Waals surface area contributed by atoms with E-state index in [9.17, 15) is 4.79 Å². The van der Waals surface area contributed by atoms with Gasteiger partial charge in [-0.25, -0.2) is 0 Å². The van der Waals surface area contributed by atoms with Gasteiger partial charge in [0.25, 0.3) is 0 Å². The maximum absolute atomic E-state index is 10.9. The fourth-order valence-electron chi connectivity index (χ4n) is 1.59. The summed E-state index contributed by atoms with van der Waals surface area (Å²) in [5, 5.41) is 10.8. The molecule has 102 valence electrons. The summed E-state index contributed by atoms with van der Waals surface area (Å²) in [5.41, 5.74) is 14.4. The van der Waals surface area contributed by atoms with Crippen molar-refractivity contribution < 1.29 is 4.79 Å². The zero-order valence-corrected chi connectivity index (χ0v) is 11.0. The summed E-state index contributed by atoms with van der Waals surface area (Å²) in [6, 6.07) is 12.1. The van der Waals surface area contributed by atoms with E-state index in [-0.39, 0.29) is 5.91 Å². The fourth-order valence-corrected chi connectivity index (χ4v) is 1.59. The molecule has 2 rings (SSSR count). The average molecular weight is 269 g/mol. The van der Waals surface area contributed by atoms with Crippen LogP contribution in [0.1, 0.15) is 6.92 Å². The molecule has 0 heterocycles. The smallest absolute Gasteiger partial charge is 0.221 e. The second-order valence-electron chi connectivity index (χ2n) is 4.25. The molecule has 6 heteroatoms. The zero-order valence-electron chi connectivity index (χ0n) is 11.0. The highest BCUT2D eigenvalue weighted by molar-refractivity contribution is 5.88. The Morgan fingerprint density at radius 2 is 1.75 bits per heavy atom. The Hall–Kier alpha value is -2.89. The Balaban J connectivity index is 2.13. The minimum Gasteiger partial charge on any atom is -0.399 e. The molecule has 0 unspecified atom stereocenters. The number of amides is 1. The van der Waals surface area contributed by atoms with Gasteiger partial charge in [0, 0.05) is 18.3 Å². The summed E-state index contributed by atoms with van der Waals surface area (Å²) < 4.78 is 0. The lowest BCUT2D eigenvalue weighted by Gasteiger charge is -2.02. The van der Waals surface area contributed by atoms with Crippen LogP contribution in [-0.2, 0) is 4.79 Å². The van der Waals surface area contributed by atoms with Gasteiger partial charge in [-0.05, 0) is 42.5 Å². The maximum atomic E-state index is 10.9. The summed E-state index contributed by atoms with van der Waals surface area (Å²) in [4.78, 5) is 10.9. The number of nitrogens with one attached hydrogen (secondary N) is 1. The number of nitrogens with zero attached hydrogens (tertiary/aromatic N) is 2. The van der Waals surface area contributed by atoms with Gasteiger partial charge < -0.3 is 16.8 Å². The molecule has 0 saturated carbocycles. The highest BCUT2D eigenvalue weighted by Gasteiger charge is 1.98. The Morgan fingerprint density at radius 3 is 2.35 bits per heavy atom. The third kappa shape index (κ3) is 3.55. The van der Waals surface area contributed by atoms with Crippen molar-refractivity contribution in [3.05, 3.63) is 42.5 Å². The molecule has 0 aliphatic heterocycles. The molecule has 1 amide bonds. The Kier molecular flexibility index (Phi) is 3.95. The van der Waals surface area contributed by atoms with Gasteiger partial charge in [-0.2, -0.15) is 5.11 Å². The molecule has 0 atom stereocenters. The van der Waals surface area contributed by atoms with Gasteiger partial charge in [-0.1, -0.05) is 0 Å². The van der Waals surface area contributed by atoms with Crippen LogP contribution < -0.4 is 16.8 Å². The summed E-state index contributed by atoms with van der Waals surface area (Å²) in [7, 11) is 0. The van der Waals surface area contributed by atoms with Gasteiger partial charge in [-0.15, -0.1) is 5.11 Å². The number of carbonyl (C=O) groups is 1. The van der Waals surface area contributed by atoms with E-state index in [0.29, 0.717) is 28.4 Å². The van der Waals surface area contributed by atoms with E-state index < -0.39 is 0 Å². The number of nitrogen functional groups attached to an aromatic ring is 2. The number of carbonyl (C=O) groups excluding carboxylic acids is 1. The monoisotopic (exact) mass is 269 g/mol. The molecular formula is C14H15N5O. The summed E-state index contributed by atoms with van der Waals surface area (Å²) >= 11 is 0. The molecule has 0 bridgehead atoms. The number of rotatable bonds is 3. The molecular weight excluding hydrogens is 254 g/mol. The van der Waals surface area contributed by atoms with Crippen LogP contribution >= 0.6 is 0 Å². The molecule has 0 aromatic heterocycles. The largest absolute Gasteiger partial charge is 0.399 e. The van der Waals surface area contributed by atoms with Crippen molar-refractivity contribution in [2.45, 2.75) is 6.92 Å². The predicted octanol–water partition coefficient (Wildman–Crippen LogP) is 3.22. The van der Waals surface area contributed by atoms with Crippen molar-refractivity contribution >= 4 is 34.3 Å². The molecule has 5 N–H and O–H groups in total. The molecule has 0 aliphatic carbocycles. The number of anilines is 3. The van der Waals surface area contributed by atoms with E-state index >= 15 is 0 Å². The first-order valence-electron chi connectivity index (χ1n) is 5.99. The summed E-state index contributed by atoms with van der Waals surface area (Å²) in [6.07, 6.45) is 0. The minimum absolute atomic E-state index is 0.117. The Bertz CT molecular complexity index is 649. The predicted molar refractivity (Wildman–Crippen MR) is 80.2 cm³/mol. The van der Waals surface area contributed by atoms with E-state index in [1.54, 1.807) is 42.5 Å². The fraction of sp³-hybridized carbons (Fsp3) is 0.0714. The third-order valence-corrected chi connectivity index (χ3v) is 2.51. The first kappa shape index (κ1) is 13.5. The normalized spacial score (nSPS) is 10.7. The summed E-state index contributed by atoms with van der Waals surface area (Å²) in [5.74, 6) is -0.117. The van der Waals surface area contributed by atoms with Crippen LogP contribution in [-0.4, -0.2) is 5.91 Å². The molecule has 0 spiro atoms. The maximum Gasteiger partial charge on any atom is 0.221 e. The van der Waals surface area contributed by atoms with Crippen molar-refractivity contribution in [2.24, 2.45) is 10.2 Å². The van der Waals surface area contributed by atoms with Crippen LogP contribution in [0.3, 0.4) is 0 Å². The first-order chi connectivity index (χ1) is 9.54. The molecule has 20 heavy (non-hydrogen) atoms. The molecule has 6 nitrogen and oxygen atoms in total. The van der Waals surface area contributed by atoms with Crippen molar-refractivity contribution in [3.63, 3.8) is 0 Å². The topological polar surface area (TPSA) is 106 Å². The lowest BCUT2D eigenvalue weighted by molar-refractivity contribution is -0.114. The minimum atomic E-state index is -0.117. The second kappa shape index (κ2) is 5.83. The van der Waals surface area contributed by atoms with Gasteiger partial charge in [0.1, 0.15) is 5.69 Å². The van der Waals surface area contributed by atoms with E-state index in [2.05, 4.69) is 15.5 Å². The number of benzene rings is 2. The van der Waals surface area contributed by atoms with Crippen molar-refractivity contribution in [2.75, 3.05) is 16.8 Å². The van der Waals surface area contributed by atoms with Gasteiger partial charge in [0.2, 0.25) is 5.91 Å². The molecule has 0 radical (unpaired) electrons. The third-order valence-electron chi connectivity index (χ3n) is 2.51. The number of hydrogen-bond acceptors (Lipinski definition) is 5. The van der Waals surface area contributed by atoms with Crippen molar-refractivity contribution in [3.8, 4) is 0 Å². The van der Waals surface area contributed by atoms with Crippen LogP contribution in [0.15, 0.2) is 52.7 Å². The zero-order chi connectivity index (χ0) is 14.5. The molecule has 2 aromatic carbocycles. The first-order valence-corrected chi connectivity index (χ1v) is 5.99. The van der Waals surface area contributed by atoms with Gasteiger partial charge in [-0.3, -0.25) is 4.79 Å². The van der Waals surface area contributed by atoms with Gasteiger partial charge >= 0.3 is 0 Å². The molecule has 2 aromatic rings. The Morgan fingerprint density at radius 1 is 1.05 bits per heavy atom. The molecule has 0 fully saturated rings. The van der Waals surface area contributed by atoms with Crippen LogP contribution in [0.5, 0.6) is 0 Å². The average Bonchev–Trinajstić information content (AvgIpc) is 2.39.